The van der Waals surface area contributed by atoms with Gasteiger partial charge in [-0.05, 0) is 67.3 Å². The molecule has 0 bridgehead atoms. The maximum atomic E-state index is 13.5. The van der Waals surface area contributed by atoms with Crippen LogP contribution in [-0.2, 0) is 20.7 Å². The second kappa shape index (κ2) is 15.3. The van der Waals surface area contributed by atoms with Gasteiger partial charge in [0.1, 0.15) is 22.1 Å². The van der Waals surface area contributed by atoms with Crippen LogP contribution in [0.2, 0.25) is 0 Å². The number of benzene rings is 3. The van der Waals surface area contributed by atoms with Crippen LogP contribution in [0.3, 0.4) is 0 Å². The Labute approximate surface area is 256 Å². The van der Waals surface area contributed by atoms with Gasteiger partial charge in [-0.3, -0.25) is 19.3 Å². The van der Waals surface area contributed by atoms with E-state index in [1.807, 2.05) is 30.3 Å². The fraction of sp³-hybridized carbons (Fsp3) is 0.303. The number of rotatable bonds is 15. The van der Waals surface area contributed by atoms with Crippen LogP contribution in [0.15, 0.2) is 82.2 Å². The first-order valence-corrected chi connectivity index (χ1v) is 15.0. The molecule has 0 aromatic heterocycles. The Morgan fingerprint density at radius 2 is 1.70 bits per heavy atom. The number of unbranched alkanes of at least 4 members (excludes halogenated alkanes) is 1. The van der Waals surface area contributed by atoms with Crippen molar-refractivity contribution in [1.29, 1.82) is 0 Å². The number of thioether (sulfide) groups is 1. The van der Waals surface area contributed by atoms with E-state index in [0.717, 1.165) is 31.0 Å². The summed E-state index contributed by atoms with van der Waals surface area (Å²) in [5.41, 5.74) is 3.00. The van der Waals surface area contributed by atoms with Crippen LogP contribution in [-0.4, -0.2) is 57.1 Å². The molecule has 0 saturated carbocycles. The Kier molecular flexibility index (Phi) is 11.2. The minimum Gasteiger partial charge on any atom is -0.497 e. The van der Waals surface area contributed by atoms with Crippen molar-refractivity contribution < 1.29 is 28.6 Å². The molecule has 0 saturated heterocycles. The van der Waals surface area contributed by atoms with Gasteiger partial charge in [-0.2, -0.15) is 0 Å². The summed E-state index contributed by atoms with van der Waals surface area (Å²) in [6.07, 6.45) is 3.72. The summed E-state index contributed by atoms with van der Waals surface area (Å²) in [7, 11) is 4.64. The van der Waals surface area contributed by atoms with Gasteiger partial charge >= 0.3 is 0 Å². The number of methoxy groups -OCH3 is 3. The molecule has 1 aliphatic rings. The first-order chi connectivity index (χ1) is 20.9. The number of amides is 3. The number of carbonyl (C=O) groups is 3. The topological polar surface area (TPSA) is 106 Å². The van der Waals surface area contributed by atoms with Crippen LogP contribution in [0, 0.1) is 0 Å². The second-order valence-electron chi connectivity index (χ2n) is 9.89. The van der Waals surface area contributed by atoms with Crippen molar-refractivity contribution in [3.05, 3.63) is 88.5 Å². The number of anilines is 2. The first-order valence-electron chi connectivity index (χ1n) is 14.1. The van der Waals surface area contributed by atoms with Crippen LogP contribution in [0.5, 0.6) is 11.5 Å². The Balaban J connectivity index is 1.57. The lowest BCUT2D eigenvalue weighted by atomic mass is 10.1. The van der Waals surface area contributed by atoms with Crippen molar-refractivity contribution in [3.8, 4) is 11.5 Å². The Morgan fingerprint density at radius 1 is 0.907 bits per heavy atom. The SMILES string of the molecule is CCCCc1ccc(C(=O)Nc2cccc(SC3=C(Nc4ccc(OC)cc4OC)C(=O)N(CCCOC)C3=O)c2)cc1. The fourth-order valence-corrected chi connectivity index (χ4v) is 5.53. The lowest BCUT2D eigenvalue weighted by molar-refractivity contribution is -0.137. The highest BCUT2D eigenvalue weighted by Crippen LogP contribution is 2.38. The number of hydrogen-bond donors (Lipinski definition) is 2. The molecule has 0 unspecified atom stereocenters. The van der Waals surface area contributed by atoms with E-state index in [2.05, 4.69) is 17.6 Å². The molecule has 0 fully saturated rings. The molecule has 4 rings (SSSR count). The molecule has 226 valence electrons. The summed E-state index contributed by atoms with van der Waals surface area (Å²) in [5.74, 6) is -0.0227. The van der Waals surface area contributed by atoms with Crippen LogP contribution >= 0.6 is 11.8 Å². The number of nitrogens with one attached hydrogen (secondary N) is 2. The van der Waals surface area contributed by atoms with Gasteiger partial charge in [-0.25, -0.2) is 0 Å². The van der Waals surface area contributed by atoms with E-state index < -0.39 is 11.8 Å². The van der Waals surface area contributed by atoms with E-state index >= 15 is 0 Å². The number of carbonyl (C=O) groups excluding carboxylic acids is 3. The van der Waals surface area contributed by atoms with Crippen molar-refractivity contribution in [2.75, 3.05) is 45.1 Å². The third-order valence-electron chi connectivity index (χ3n) is 6.87. The molecule has 3 amide bonds. The Hall–Kier alpha value is -4.28. The van der Waals surface area contributed by atoms with Gasteiger partial charge in [0.05, 0.1) is 19.9 Å². The average Bonchev–Trinajstić information content (AvgIpc) is 3.24. The van der Waals surface area contributed by atoms with Gasteiger partial charge in [0.2, 0.25) is 0 Å². The Morgan fingerprint density at radius 3 is 2.40 bits per heavy atom. The van der Waals surface area contributed by atoms with Crippen molar-refractivity contribution in [2.24, 2.45) is 0 Å². The fourth-order valence-electron chi connectivity index (χ4n) is 4.53. The minimum absolute atomic E-state index is 0.147. The van der Waals surface area contributed by atoms with Crippen molar-refractivity contribution in [1.82, 2.24) is 4.90 Å². The van der Waals surface area contributed by atoms with Crippen LogP contribution in [0.25, 0.3) is 0 Å². The van der Waals surface area contributed by atoms with E-state index in [-0.39, 0.29) is 23.1 Å². The van der Waals surface area contributed by atoms with Crippen LogP contribution in [0.1, 0.15) is 42.1 Å². The summed E-state index contributed by atoms with van der Waals surface area (Å²) in [6.45, 7) is 2.78. The molecule has 0 spiro atoms. The predicted octanol–water partition coefficient (Wildman–Crippen LogP) is 6.12. The monoisotopic (exact) mass is 603 g/mol. The third-order valence-corrected chi connectivity index (χ3v) is 7.94. The standard InChI is InChI=1S/C33H37N3O6S/c1-5-6-9-22-12-14-23(15-13-22)31(37)34-24-10-7-11-26(20-24)43-30-29(32(38)36(33(30)39)18-8-19-40-2)35-27-17-16-25(41-3)21-28(27)42-4/h7,10-17,20-21,35H,5-6,8-9,18-19H2,1-4H3,(H,34,37). The molecule has 1 heterocycles. The molecule has 10 heteroatoms. The summed E-state index contributed by atoms with van der Waals surface area (Å²) in [4.78, 5) is 42.1. The maximum Gasteiger partial charge on any atom is 0.278 e. The van der Waals surface area contributed by atoms with E-state index in [9.17, 15) is 14.4 Å². The van der Waals surface area contributed by atoms with E-state index in [1.165, 1.54) is 17.6 Å². The lowest BCUT2D eigenvalue weighted by Crippen LogP contribution is -2.33. The largest absolute Gasteiger partial charge is 0.497 e. The highest BCUT2D eigenvalue weighted by Gasteiger charge is 2.39. The average molecular weight is 604 g/mol. The highest BCUT2D eigenvalue weighted by molar-refractivity contribution is 8.04. The molecule has 0 radical (unpaired) electrons. The molecule has 1 aliphatic heterocycles. The van der Waals surface area contributed by atoms with Crippen LogP contribution in [0.4, 0.5) is 11.4 Å². The molecule has 3 aromatic rings. The number of hydrogen-bond acceptors (Lipinski definition) is 8. The van der Waals surface area contributed by atoms with E-state index in [4.69, 9.17) is 14.2 Å². The Bertz CT molecular complexity index is 1490. The van der Waals surface area contributed by atoms with Gasteiger partial charge in [-0.15, -0.1) is 0 Å². The number of ether oxygens (including phenoxy) is 3. The third kappa shape index (κ3) is 7.97. The zero-order valence-electron chi connectivity index (χ0n) is 24.9. The molecule has 0 aliphatic carbocycles. The summed E-state index contributed by atoms with van der Waals surface area (Å²) in [5, 5.41) is 6.07. The van der Waals surface area contributed by atoms with Crippen molar-refractivity contribution in [2.45, 2.75) is 37.5 Å². The predicted molar refractivity (Wildman–Crippen MR) is 169 cm³/mol. The molecule has 43 heavy (non-hydrogen) atoms. The van der Waals surface area contributed by atoms with E-state index in [0.29, 0.717) is 46.4 Å². The van der Waals surface area contributed by atoms with Gasteiger partial charge in [0.25, 0.3) is 17.7 Å². The molecular weight excluding hydrogens is 566 g/mol. The molecular formula is C33H37N3O6S. The summed E-state index contributed by atoms with van der Waals surface area (Å²) in [6, 6.07) is 20.0. The van der Waals surface area contributed by atoms with Crippen LogP contribution < -0.4 is 20.1 Å². The number of nitrogens with zero attached hydrogens (tertiary/aromatic N) is 1. The normalized spacial score (nSPS) is 13.0. The quantitative estimate of drug-likeness (QED) is 0.158. The molecule has 2 N–H and O–H groups in total. The maximum absolute atomic E-state index is 13.5. The number of aryl methyl sites for hydroxylation is 1. The lowest BCUT2D eigenvalue weighted by Gasteiger charge is -2.15. The zero-order valence-corrected chi connectivity index (χ0v) is 25.7. The van der Waals surface area contributed by atoms with Gasteiger partial charge in [0, 0.05) is 42.5 Å². The van der Waals surface area contributed by atoms with E-state index in [1.54, 1.807) is 50.6 Å². The van der Waals surface area contributed by atoms with Gasteiger partial charge in [0.15, 0.2) is 0 Å². The summed E-state index contributed by atoms with van der Waals surface area (Å²) >= 11 is 1.16. The second-order valence-corrected chi connectivity index (χ2v) is 11.0. The summed E-state index contributed by atoms with van der Waals surface area (Å²) < 4.78 is 15.9. The highest BCUT2D eigenvalue weighted by atomic mass is 32.2. The molecule has 3 aromatic carbocycles. The number of imide groups is 1. The molecule has 9 nitrogen and oxygen atoms in total. The minimum atomic E-state index is -0.437. The van der Waals surface area contributed by atoms with Gasteiger partial charge in [-0.1, -0.05) is 43.3 Å². The molecule has 0 atom stereocenters. The van der Waals surface area contributed by atoms with Gasteiger partial charge < -0.3 is 24.8 Å². The van der Waals surface area contributed by atoms with Crippen molar-refractivity contribution >= 4 is 40.9 Å². The smallest absolute Gasteiger partial charge is 0.278 e. The zero-order chi connectivity index (χ0) is 30.8. The van der Waals surface area contributed by atoms with Crippen molar-refractivity contribution in [3.63, 3.8) is 0 Å². The first kappa shape index (κ1) is 31.7.